The van der Waals surface area contributed by atoms with Gasteiger partial charge in [0, 0.05) is 11.8 Å². The van der Waals surface area contributed by atoms with Gasteiger partial charge in [0.1, 0.15) is 5.82 Å². The van der Waals surface area contributed by atoms with Crippen molar-refractivity contribution in [2.75, 3.05) is 5.73 Å². The van der Waals surface area contributed by atoms with Crippen LogP contribution in [0, 0.1) is 5.82 Å². The van der Waals surface area contributed by atoms with Crippen molar-refractivity contribution in [1.29, 1.82) is 0 Å². The third kappa shape index (κ3) is 2.08. The lowest BCUT2D eigenvalue weighted by Crippen LogP contribution is -2.01. The van der Waals surface area contributed by atoms with Crippen molar-refractivity contribution in [2.45, 2.75) is 13.3 Å². The molecule has 2 aromatic carbocycles. The minimum absolute atomic E-state index is 0.328. The van der Waals surface area contributed by atoms with Crippen LogP contribution in [0.25, 0.3) is 16.7 Å². The molecule has 1 aromatic heterocycles. The van der Waals surface area contributed by atoms with Crippen LogP contribution in [0.4, 0.5) is 10.3 Å². The van der Waals surface area contributed by atoms with Gasteiger partial charge in [0.05, 0.1) is 15.5 Å². The summed E-state index contributed by atoms with van der Waals surface area (Å²) in [6, 6.07) is 11.1. The quantitative estimate of drug-likeness (QED) is 0.768. The predicted octanol–water partition coefficient (Wildman–Crippen LogP) is 4.07. The van der Waals surface area contributed by atoms with E-state index in [1.54, 1.807) is 10.6 Å². The van der Waals surface area contributed by atoms with Gasteiger partial charge in [-0.15, -0.1) is 0 Å². The first-order chi connectivity index (χ1) is 9.60. The number of rotatable bonds is 2. The zero-order valence-corrected chi connectivity index (χ0v) is 12.5. The van der Waals surface area contributed by atoms with Gasteiger partial charge in [-0.25, -0.2) is 9.37 Å². The standard InChI is InChI=1S/C15H13BrFN3/c1-2-9-4-3-5-10(6-9)20-14-8-12(17)11(16)7-13(14)19-15(20)18/h3-8H,2H2,1H3,(H2,18,19). The van der Waals surface area contributed by atoms with E-state index < -0.39 is 0 Å². The van der Waals surface area contributed by atoms with Gasteiger partial charge in [-0.1, -0.05) is 19.1 Å². The number of aryl methyl sites for hydroxylation is 1. The van der Waals surface area contributed by atoms with E-state index in [9.17, 15) is 4.39 Å². The lowest BCUT2D eigenvalue weighted by Gasteiger charge is -2.08. The fraction of sp³-hybridized carbons (Fsp3) is 0.133. The molecule has 0 bridgehead atoms. The van der Waals surface area contributed by atoms with E-state index in [-0.39, 0.29) is 5.82 Å². The molecular weight excluding hydrogens is 321 g/mol. The molecule has 0 aliphatic heterocycles. The Labute approximate surface area is 124 Å². The van der Waals surface area contributed by atoms with Gasteiger partial charge in [0.15, 0.2) is 0 Å². The average Bonchev–Trinajstić information content (AvgIpc) is 2.74. The zero-order chi connectivity index (χ0) is 14.3. The average molecular weight is 334 g/mol. The number of nitrogens with two attached hydrogens (primary N) is 1. The maximum atomic E-state index is 13.8. The monoisotopic (exact) mass is 333 g/mol. The molecule has 5 heteroatoms. The molecule has 0 spiro atoms. The highest BCUT2D eigenvalue weighted by Crippen LogP contribution is 2.28. The summed E-state index contributed by atoms with van der Waals surface area (Å²) in [5.41, 5.74) is 9.41. The van der Waals surface area contributed by atoms with Crippen molar-refractivity contribution in [3.63, 3.8) is 0 Å². The van der Waals surface area contributed by atoms with E-state index in [1.165, 1.54) is 11.6 Å². The number of fused-ring (bicyclic) bond motifs is 1. The Hall–Kier alpha value is -1.88. The topological polar surface area (TPSA) is 43.8 Å². The van der Waals surface area contributed by atoms with E-state index in [2.05, 4.69) is 33.9 Å². The molecule has 20 heavy (non-hydrogen) atoms. The minimum Gasteiger partial charge on any atom is -0.369 e. The summed E-state index contributed by atoms with van der Waals surface area (Å²) in [5.74, 6) is 0.0241. The Morgan fingerprint density at radius 1 is 1.30 bits per heavy atom. The number of anilines is 1. The lowest BCUT2D eigenvalue weighted by molar-refractivity contribution is 0.622. The summed E-state index contributed by atoms with van der Waals surface area (Å²) in [6.45, 7) is 2.09. The molecule has 3 nitrogen and oxygen atoms in total. The first-order valence-corrected chi connectivity index (χ1v) is 7.11. The van der Waals surface area contributed by atoms with E-state index in [0.29, 0.717) is 21.5 Å². The Balaban J connectivity index is 2.29. The summed E-state index contributed by atoms with van der Waals surface area (Å²) in [7, 11) is 0. The van der Waals surface area contributed by atoms with E-state index in [0.717, 1.165) is 12.1 Å². The fourth-order valence-electron chi connectivity index (χ4n) is 2.28. The summed E-state index contributed by atoms with van der Waals surface area (Å²) >= 11 is 3.16. The molecule has 102 valence electrons. The molecule has 0 amide bonds. The van der Waals surface area contributed by atoms with Crippen LogP contribution in [0.3, 0.4) is 0 Å². The van der Waals surface area contributed by atoms with Gasteiger partial charge in [0.25, 0.3) is 0 Å². The van der Waals surface area contributed by atoms with E-state index in [1.807, 2.05) is 18.2 Å². The maximum Gasteiger partial charge on any atom is 0.205 e. The second-order valence-corrected chi connectivity index (χ2v) is 5.44. The SMILES string of the molecule is CCc1cccc(-n2c(N)nc3cc(Br)c(F)cc32)c1. The molecule has 0 fully saturated rings. The second-order valence-electron chi connectivity index (χ2n) is 4.58. The molecule has 0 aliphatic rings. The van der Waals surface area contributed by atoms with Crippen molar-refractivity contribution in [2.24, 2.45) is 0 Å². The third-order valence-electron chi connectivity index (χ3n) is 3.30. The van der Waals surface area contributed by atoms with Crippen LogP contribution < -0.4 is 5.73 Å². The van der Waals surface area contributed by atoms with Gasteiger partial charge in [-0.2, -0.15) is 0 Å². The Morgan fingerprint density at radius 2 is 2.10 bits per heavy atom. The predicted molar refractivity (Wildman–Crippen MR) is 82.5 cm³/mol. The summed E-state index contributed by atoms with van der Waals surface area (Å²) in [5, 5.41) is 0. The first kappa shape index (κ1) is 13.1. The highest BCUT2D eigenvalue weighted by atomic mass is 79.9. The van der Waals surface area contributed by atoms with Crippen molar-refractivity contribution in [3.8, 4) is 5.69 Å². The largest absolute Gasteiger partial charge is 0.369 e. The van der Waals surface area contributed by atoms with Crippen LogP contribution in [-0.4, -0.2) is 9.55 Å². The number of nitrogens with zero attached hydrogens (tertiary/aromatic N) is 2. The fourth-order valence-corrected chi connectivity index (χ4v) is 2.61. The number of hydrogen-bond acceptors (Lipinski definition) is 2. The van der Waals surface area contributed by atoms with Crippen LogP contribution in [0.15, 0.2) is 40.9 Å². The molecule has 0 radical (unpaired) electrons. The van der Waals surface area contributed by atoms with Crippen molar-refractivity contribution in [1.82, 2.24) is 9.55 Å². The van der Waals surface area contributed by atoms with E-state index >= 15 is 0 Å². The number of aromatic nitrogens is 2. The summed E-state index contributed by atoms with van der Waals surface area (Å²) in [6.07, 6.45) is 0.931. The Morgan fingerprint density at radius 3 is 2.85 bits per heavy atom. The van der Waals surface area contributed by atoms with Crippen LogP contribution in [-0.2, 0) is 6.42 Å². The molecule has 3 aromatic rings. The molecular formula is C15H13BrFN3. The Bertz CT molecular complexity index is 795. The normalized spacial score (nSPS) is 11.2. The van der Waals surface area contributed by atoms with Crippen LogP contribution in [0.1, 0.15) is 12.5 Å². The number of nitrogen functional groups attached to an aromatic ring is 1. The Kier molecular flexibility index (Phi) is 3.22. The smallest absolute Gasteiger partial charge is 0.205 e. The summed E-state index contributed by atoms with van der Waals surface area (Å²) < 4.78 is 15.9. The highest BCUT2D eigenvalue weighted by Gasteiger charge is 2.13. The highest BCUT2D eigenvalue weighted by molar-refractivity contribution is 9.10. The van der Waals surface area contributed by atoms with Crippen molar-refractivity contribution in [3.05, 3.63) is 52.3 Å². The van der Waals surface area contributed by atoms with Crippen LogP contribution in [0.5, 0.6) is 0 Å². The number of benzene rings is 2. The maximum absolute atomic E-state index is 13.8. The number of imidazole rings is 1. The molecule has 0 atom stereocenters. The van der Waals surface area contributed by atoms with Crippen molar-refractivity contribution < 1.29 is 4.39 Å². The summed E-state index contributed by atoms with van der Waals surface area (Å²) in [4.78, 5) is 4.29. The molecule has 0 aliphatic carbocycles. The first-order valence-electron chi connectivity index (χ1n) is 6.32. The van der Waals surface area contributed by atoms with Crippen molar-refractivity contribution >= 4 is 32.9 Å². The van der Waals surface area contributed by atoms with Gasteiger partial charge in [0.2, 0.25) is 5.95 Å². The third-order valence-corrected chi connectivity index (χ3v) is 3.91. The lowest BCUT2D eigenvalue weighted by atomic mass is 10.1. The van der Waals surface area contributed by atoms with E-state index in [4.69, 9.17) is 5.73 Å². The molecule has 1 heterocycles. The molecule has 0 unspecified atom stereocenters. The molecule has 0 saturated carbocycles. The number of halogens is 2. The second kappa shape index (κ2) is 4.90. The zero-order valence-electron chi connectivity index (χ0n) is 10.9. The molecule has 3 rings (SSSR count). The van der Waals surface area contributed by atoms with Gasteiger partial charge >= 0.3 is 0 Å². The molecule has 2 N–H and O–H groups in total. The van der Waals surface area contributed by atoms with Crippen LogP contribution >= 0.6 is 15.9 Å². The van der Waals surface area contributed by atoms with Gasteiger partial charge in [-0.3, -0.25) is 4.57 Å². The van der Waals surface area contributed by atoms with Gasteiger partial charge in [-0.05, 0) is 46.1 Å². The number of hydrogen-bond donors (Lipinski definition) is 1. The van der Waals surface area contributed by atoms with Gasteiger partial charge < -0.3 is 5.73 Å². The minimum atomic E-state index is -0.328. The van der Waals surface area contributed by atoms with Crippen LogP contribution in [0.2, 0.25) is 0 Å². The molecule has 0 saturated heterocycles.